The summed E-state index contributed by atoms with van der Waals surface area (Å²) in [6.45, 7) is 0. The van der Waals surface area contributed by atoms with E-state index in [0.717, 1.165) is 11.1 Å². The Kier molecular flexibility index (Phi) is 8.67. The van der Waals surface area contributed by atoms with Crippen molar-refractivity contribution in [2.24, 2.45) is 0 Å². The molecule has 2 N–H and O–H groups in total. The second-order valence-electron chi connectivity index (χ2n) is 7.66. The summed E-state index contributed by atoms with van der Waals surface area (Å²) in [4.78, 5) is 34.5. The van der Waals surface area contributed by atoms with Crippen LogP contribution < -0.4 is 10.2 Å². The van der Waals surface area contributed by atoms with Crippen LogP contribution >= 0.6 is 23.4 Å². The number of carbonyl (C=O) groups is 2. The van der Waals surface area contributed by atoms with Gasteiger partial charge in [-0.05, 0) is 47.7 Å². The van der Waals surface area contributed by atoms with Gasteiger partial charge in [-0.3, -0.25) is 9.59 Å². The number of nitrogens with zero attached hydrogens (tertiary/aromatic N) is 3. The Labute approximate surface area is 207 Å². The van der Waals surface area contributed by atoms with Crippen LogP contribution in [-0.2, 0) is 22.4 Å². The molecule has 0 atom stereocenters. The highest BCUT2D eigenvalue weighted by atomic mass is 35.5. The highest BCUT2D eigenvalue weighted by Gasteiger charge is 2.18. The van der Waals surface area contributed by atoms with Gasteiger partial charge in [0, 0.05) is 42.9 Å². The Balaban J connectivity index is 1.70. The van der Waals surface area contributed by atoms with Crippen LogP contribution in [0.25, 0.3) is 6.08 Å². The quantitative estimate of drug-likeness (QED) is 0.250. The molecule has 0 spiro atoms. The first-order valence-corrected chi connectivity index (χ1v) is 12.0. The average molecular weight is 497 g/mol. The molecule has 7 nitrogen and oxygen atoms in total. The zero-order valence-corrected chi connectivity index (χ0v) is 20.7. The van der Waals surface area contributed by atoms with Gasteiger partial charge in [0.15, 0.2) is 0 Å². The summed E-state index contributed by atoms with van der Waals surface area (Å²) in [7, 11) is 3.67. The number of hydrogen-bond donors (Lipinski definition) is 2. The highest BCUT2D eigenvalue weighted by molar-refractivity contribution is 7.98. The SMILES string of the molecule is CSc1nc(Cc2ccc(NC(=O)C=Cc3ccc(Cl)cc3)cc2)nc(N(C)C)c1CC(=O)O. The molecule has 1 amide bonds. The van der Waals surface area contributed by atoms with Gasteiger partial charge in [-0.25, -0.2) is 9.97 Å². The molecule has 0 aliphatic heterocycles. The van der Waals surface area contributed by atoms with E-state index in [4.69, 9.17) is 11.6 Å². The molecule has 1 heterocycles. The minimum absolute atomic E-state index is 0.134. The summed E-state index contributed by atoms with van der Waals surface area (Å²) in [5.74, 6) is 0.0497. The van der Waals surface area contributed by atoms with E-state index in [1.165, 1.54) is 17.8 Å². The summed E-state index contributed by atoms with van der Waals surface area (Å²) in [6, 6.07) is 14.7. The van der Waals surface area contributed by atoms with Crippen molar-refractivity contribution >= 4 is 52.8 Å². The number of carbonyl (C=O) groups excluding carboxylic acids is 1. The number of rotatable bonds is 9. The molecule has 0 saturated heterocycles. The van der Waals surface area contributed by atoms with E-state index in [-0.39, 0.29) is 12.3 Å². The molecule has 0 radical (unpaired) electrons. The molecule has 0 aliphatic rings. The first-order valence-electron chi connectivity index (χ1n) is 10.4. The number of halogens is 1. The lowest BCUT2D eigenvalue weighted by Crippen LogP contribution is -2.18. The normalized spacial score (nSPS) is 10.9. The molecule has 0 fully saturated rings. The molecule has 176 valence electrons. The maximum Gasteiger partial charge on any atom is 0.308 e. The van der Waals surface area contributed by atoms with Crippen molar-refractivity contribution in [1.29, 1.82) is 0 Å². The number of thioether (sulfide) groups is 1. The van der Waals surface area contributed by atoms with Crippen molar-refractivity contribution in [2.75, 3.05) is 30.6 Å². The van der Waals surface area contributed by atoms with Crippen LogP contribution in [0.2, 0.25) is 5.02 Å². The predicted molar refractivity (Wildman–Crippen MR) is 138 cm³/mol. The van der Waals surface area contributed by atoms with E-state index >= 15 is 0 Å². The van der Waals surface area contributed by atoms with Crippen molar-refractivity contribution in [3.8, 4) is 0 Å². The molecule has 0 bridgehead atoms. The minimum Gasteiger partial charge on any atom is -0.481 e. The van der Waals surface area contributed by atoms with E-state index in [2.05, 4.69) is 15.3 Å². The van der Waals surface area contributed by atoms with Crippen LogP contribution in [0.15, 0.2) is 59.6 Å². The Morgan fingerprint density at radius 3 is 2.35 bits per heavy atom. The standard InChI is InChI=1S/C25H25ClN4O3S/c1-30(2)24-20(15-23(32)33)25(34-3)29-21(28-24)14-17-6-11-19(12-7-17)27-22(31)13-8-16-4-9-18(26)10-5-16/h4-13H,14-15H2,1-3H3,(H,27,31)(H,32,33). The first kappa shape index (κ1) is 25.3. The second-order valence-corrected chi connectivity index (χ2v) is 8.90. The van der Waals surface area contributed by atoms with Crippen molar-refractivity contribution < 1.29 is 14.7 Å². The number of carboxylic acid groups (broad SMARTS) is 1. The van der Waals surface area contributed by atoms with Crippen LogP contribution in [0.4, 0.5) is 11.5 Å². The van der Waals surface area contributed by atoms with E-state index in [0.29, 0.717) is 39.4 Å². The van der Waals surface area contributed by atoms with Crippen molar-refractivity contribution in [1.82, 2.24) is 9.97 Å². The lowest BCUT2D eigenvalue weighted by Gasteiger charge is -2.18. The second kappa shape index (κ2) is 11.7. The van der Waals surface area contributed by atoms with Crippen LogP contribution in [0.3, 0.4) is 0 Å². The van der Waals surface area contributed by atoms with E-state index in [1.54, 1.807) is 23.1 Å². The fourth-order valence-electron chi connectivity index (χ4n) is 3.24. The van der Waals surface area contributed by atoms with Gasteiger partial charge in [0.2, 0.25) is 5.91 Å². The monoisotopic (exact) mass is 496 g/mol. The summed E-state index contributed by atoms with van der Waals surface area (Å²) >= 11 is 7.28. The van der Waals surface area contributed by atoms with Gasteiger partial charge in [0.05, 0.1) is 6.42 Å². The number of anilines is 2. The Morgan fingerprint density at radius 2 is 1.76 bits per heavy atom. The number of benzene rings is 2. The van der Waals surface area contributed by atoms with Crippen molar-refractivity contribution in [3.05, 3.63) is 82.1 Å². The largest absolute Gasteiger partial charge is 0.481 e. The topological polar surface area (TPSA) is 95.4 Å². The molecule has 0 saturated carbocycles. The zero-order valence-electron chi connectivity index (χ0n) is 19.1. The summed E-state index contributed by atoms with van der Waals surface area (Å²) in [5.41, 5.74) is 3.13. The van der Waals surface area contributed by atoms with Crippen molar-refractivity contribution in [2.45, 2.75) is 17.9 Å². The molecule has 1 aromatic heterocycles. The fraction of sp³-hybridized carbons (Fsp3) is 0.200. The Hall–Kier alpha value is -3.36. The number of aromatic nitrogens is 2. The molecular formula is C25H25ClN4O3S. The highest BCUT2D eigenvalue weighted by Crippen LogP contribution is 2.27. The van der Waals surface area contributed by atoms with E-state index in [9.17, 15) is 14.7 Å². The van der Waals surface area contributed by atoms with Crippen LogP contribution in [0, 0.1) is 0 Å². The Morgan fingerprint density at radius 1 is 1.09 bits per heavy atom. The molecule has 34 heavy (non-hydrogen) atoms. The van der Waals surface area contributed by atoms with Crippen LogP contribution in [0.5, 0.6) is 0 Å². The minimum atomic E-state index is -0.921. The average Bonchev–Trinajstić information content (AvgIpc) is 2.80. The van der Waals surface area contributed by atoms with Gasteiger partial charge in [0.25, 0.3) is 0 Å². The smallest absolute Gasteiger partial charge is 0.308 e. The molecule has 0 unspecified atom stereocenters. The molecule has 2 aromatic carbocycles. The van der Waals surface area contributed by atoms with Gasteiger partial charge in [-0.2, -0.15) is 0 Å². The van der Waals surface area contributed by atoms with Crippen LogP contribution in [-0.4, -0.2) is 47.3 Å². The Bertz CT molecular complexity index is 1200. The lowest BCUT2D eigenvalue weighted by atomic mass is 10.1. The third kappa shape index (κ3) is 7.07. The summed E-state index contributed by atoms with van der Waals surface area (Å²) in [5, 5.41) is 13.4. The van der Waals surface area contributed by atoms with Gasteiger partial charge in [-0.15, -0.1) is 11.8 Å². The molecule has 3 rings (SSSR count). The van der Waals surface area contributed by atoms with Crippen LogP contribution in [0.1, 0.15) is 22.5 Å². The number of hydrogen-bond acceptors (Lipinski definition) is 6. The summed E-state index contributed by atoms with van der Waals surface area (Å²) < 4.78 is 0. The molecule has 0 aliphatic carbocycles. The zero-order chi connectivity index (χ0) is 24.7. The summed E-state index contributed by atoms with van der Waals surface area (Å²) in [6.07, 6.45) is 5.40. The van der Waals surface area contributed by atoms with Gasteiger partial charge in [-0.1, -0.05) is 35.9 Å². The lowest BCUT2D eigenvalue weighted by molar-refractivity contribution is -0.136. The third-order valence-corrected chi connectivity index (χ3v) is 5.80. The van der Waals surface area contributed by atoms with E-state index < -0.39 is 5.97 Å². The predicted octanol–water partition coefficient (Wildman–Crippen LogP) is 4.79. The fourth-order valence-corrected chi connectivity index (χ4v) is 3.97. The number of carboxylic acids is 1. The first-order chi connectivity index (χ1) is 16.2. The van der Waals surface area contributed by atoms with Gasteiger partial charge >= 0.3 is 5.97 Å². The maximum atomic E-state index is 12.2. The number of nitrogens with one attached hydrogen (secondary N) is 1. The van der Waals surface area contributed by atoms with Gasteiger partial charge in [0.1, 0.15) is 16.7 Å². The van der Waals surface area contributed by atoms with Crippen molar-refractivity contribution in [3.63, 3.8) is 0 Å². The molecule has 3 aromatic rings. The molecule has 9 heteroatoms. The molecular weight excluding hydrogens is 472 g/mol. The van der Waals surface area contributed by atoms with E-state index in [1.807, 2.05) is 56.7 Å². The van der Waals surface area contributed by atoms with Gasteiger partial charge < -0.3 is 15.3 Å². The number of aliphatic carboxylic acids is 1. The maximum absolute atomic E-state index is 12.2. The number of amides is 1. The third-order valence-electron chi connectivity index (χ3n) is 4.82.